The van der Waals surface area contributed by atoms with E-state index in [0.717, 1.165) is 5.75 Å². The highest BCUT2D eigenvalue weighted by molar-refractivity contribution is 7.99. The molecule has 152 valence electrons. The zero-order chi connectivity index (χ0) is 20.8. The molecule has 0 saturated carbocycles. The average molecular weight is 416 g/mol. The molecule has 3 rings (SSSR count). The molecule has 0 radical (unpaired) electrons. The number of thioether (sulfide) groups is 1. The van der Waals surface area contributed by atoms with Crippen molar-refractivity contribution in [1.82, 2.24) is 9.88 Å². The van der Waals surface area contributed by atoms with Crippen molar-refractivity contribution in [3.05, 3.63) is 53.3 Å². The smallest absolute Gasteiger partial charge is 0.309 e. The van der Waals surface area contributed by atoms with Gasteiger partial charge in [0.1, 0.15) is 18.1 Å². The van der Waals surface area contributed by atoms with Gasteiger partial charge in [-0.25, -0.2) is 0 Å². The number of benzene rings is 1. The molecule has 0 spiro atoms. The molecule has 1 aromatic heterocycles. The van der Waals surface area contributed by atoms with Crippen molar-refractivity contribution in [1.29, 1.82) is 0 Å². The molecule has 1 saturated heterocycles. The highest BCUT2D eigenvalue weighted by Crippen LogP contribution is 2.27. The third kappa shape index (κ3) is 4.86. The van der Waals surface area contributed by atoms with E-state index in [-0.39, 0.29) is 53.3 Å². The number of phenolic OH excluding ortho intramolecular Hbond substituents is 1. The number of carboxylic acids is 1. The van der Waals surface area contributed by atoms with Crippen LogP contribution >= 0.6 is 11.8 Å². The van der Waals surface area contributed by atoms with Crippen LogP contribution in [0.15, 0.2) is 36.5 Å². The highest BCUT2D eigenvalue weighted by atomic mass is 32.2. The Morgan fingerprint density at radius 2 is 2.14 bits per heavy atom. The summed E-state index contributed by atoms with van der Waals surface area (Å²) in [6.45, 7) is 0.622. The molecule has 0 bridgehead atoms. The first-order valence-corrected chi connectivity index (χ1v) is 10.1. The Bertz CT molecular complexity index is 920. The number of carboxylic acid groups (broad SMARTS) is 1. The van der Waals surface area contributed by atoms with Crippen LogP contribution in [0.4, 0.5) is 0 Å². The minimum atomic E-state index is -1.06. The van der Waals surface area contributed by atoms with Crippen molar-refractivity contribution in [3.63, 3.8) is 0 Å². The van der Waals surface area contributed by atoms with Crippen LogP contribution in [0.1, 0.15) is 26.4 Å². The van der Waals surface area contributed by atoms with Crippen molar-refractivity contribution in [3.8, 4) is 11.5 Å². The van der Waals surface area contributed by atoms with E-state index < -0.39 is 5.97 Å². The number of aromatic nitrogens is 1. The molecular formula is C20H20N2O6S. The predicted octanol–water partition coefficient (Wildman–Crippen LogP) is 1.86. The Hall–Kier alpha value is -3.07. The van der Waals surface area contributed by atoms with Gasteiger partial charge in [-0.05, 0) is 24.3 Å². The predicted molar refractivity (Wildman–Crippen MR) is 107 cm³/mol. The maximum atomic E-state index is 13.1. The van der Waals surface area contributed by atoms with Gasteiger partial charge in [-0.3, -0.25) is 19.4 Å². The van der Waals surface area contributed by atoms with Crippen LogP contribution in [-0.2, 0) is 11.2 Å². The molecule has 2 heterocycles. The highest BCUT2D eigenvalue weighted by Gasteiger charge is 2.30. The van der Waals surface area contributed by atoms with Gasteiger partial charge in [0, 0.05) is 24.2 Å². The first-order chi connectivity index (χ1) is 14.0. The number of hydrogen-bond donors (Lipinski definition) is 2. The summed E-state index contributed by atoms with van der Waals surface area (Å²) < 4.78 is 5.75. The monoisotopic (exact) mass is 416 g/mol. The maximum Gasteiger partial charge on any atom is 0.309 e. The minimum absolute atomic E-state index is 0.0600. The molecule has 1 aliphatic heterocycles. The number of hydrogen-bond acceptors (Lipinski definition) is 7. The number of phenols is 1. The third-order valence-corrected chi connectivity index (χ3v) is 5.61. The molecule has 1 amide bonds. The number of carbonyl (C=O) groups is 3. The van der Waals surface area contributed by atoms with Gasteiger partial charge in [-0.2, -0.15) is 11.8 Å². The molecule has 1 aromatic carbocycles. The fourth-order valence-corrected chi connectivity index (χ4v) is 4.14. The number of ether oxygens (including phenoxy) is 1. The second-order valence-electron chi connectivity index (χ2n) is 6.41. The fourth-order valence-electron chi connectivity index (χ4n) is 3.09. The second kappa shape index (κ2) is 9.42. The summed E-state index contributed by atoms with van der Waals surface area (Å²) >= 11 is 1.68. The van der Waals surface area contributed by atoms with Crippen LogP contribution in [0, 0.1) is 0 Å². The molecule has 1 unspecified atom stereocenters. The summed E-state index contributed by atoms with van der Waals surface area (Å²) in [5, 5.41) is 18.9. The van der Waals surface area contributed by atoms with Gasteiger partial charge < -0.3 is 19.8 Å². The van der Waals surface area contributed by atoms with Crippen molar-refractivity contribution < 1.29 is 29.3 Å². The lowest BCUT2D eigenvalue weighted by Crippen LogP contribution is -2.49. The zero-order valence-electron chi connectivity index (χ0n) is 15.5. The van der Waals surface area contributed by atoms with Crippen LogP contribution in [0.5, 0.6) is 11.5 Å². The maximum absolute atomic E-state index is 13.1. The summed E-state index contributed by atoms with van der Waals surface area (Å²) in [5.74, 6) is 0.109. The summed E-state index contributed by atoms with van der Waals surface area (Å²) in [6, 6.07) is 7.46. The molecule has 8 nitrogen and oxygen atoms in total. The second-order valence-corrected chi connectivity index (χ2v) is 7.56. The number of nitrogens with zero attached hydrogens (tertiary/aromatic N) is 2. The molecular weight excluding hydrogens is 396 g/mol. The molecule has 9 heteroatoms. The number of aromatic hydroxyl groups is 1. The van der Waals surface area contributed by atoms with Gasteiger partial charge in [-0.15, -0.1) is 0 Å². The van der Waals surface area contributed by atoms with Crippen molar-refractivity contribution in [2.24, 2.45) is 0 Å². The minimum Gasteiger partial charge on any atom is -0.507 e. The molecule has 29 heavy (non-hydrogen) atoms. The van der Waals surface area contributed by atoms with E-state index in [1.807, 2.05) is 0 Å². The zero-order valence-corrected chi connectivity index (χ0v) is 16.3. The summed E-state index contributed by atoms with van der Waals surface area (Å²) in [4.78, 5) is 41.2. The van der Waals surface area contributed by atoms with Gasteiger partial charge in [0.2, 0.25) is 0 Å². The Morgan fingerprint density at radius 1 is 1.31 bits per heavy atom. The number of pyridine rings is 1. The Balaban J connectivity index is 1.78. The van der Waals surface area contributed by atoms with Gasteiger partial charge in [-0.1, -0.05) is 6.07 Å². The van der Waals surface area contributed by atoms with Crippen LogP contribution < -0.4 is 4.74 Å². The fraction of sp³-hybridized carbons (Fsp3) is 0.300. The third-order valence-electron chi connectivity index (χ3n) is 4.52. The van der Waals surface area contributed by atoms with E-state index in [1.165, 1.54) is 12.3 Å². The molecule has 1 aliphatic rings. The largest absolute Gasteiger partial charge is 0.507 e. The van der Waals surface area contributed by atoms with E-state index in [1.54, 1.807) is 40.9 Å². The van der Waals surface area contributed by atoms with Gasteiger partial charge in [0.15, 0.2) is 6.29 Å². The van der Waals surface area contributed by atoms with E-state index in [4.69, 9.17) is 9.84 Å². The Labute approximate surface area is 171 Å². The van der Waals surface area contributed by atoms with Gasteiger partial charge in [0.05, 0.1) is 29.3 Å². The number of rotatable bonds is 7. The van der Waals surface area contributed by atoms with E-state index in [0.29, 0.717) is 18.6 Å². The van der Waals surface area contributed by atoms with E-state index in [9.17, 15) is 19.5 Å². The number of aliphatic carboxylic acids is 1. The van der Waals surface area contributed by atoms with Crippen molar-refractivity contribution >= 4 is 29.9 Å². The van der Waals surface area contributed by atoms with Crippen molar-refractivity contribution in [2.75, 3.05) is 24.7 Å². The lowest BCUT2D eigenvalue weighted by Gasteiger charge is -2.35. The van der Waals surface area contributed by atoms with E-state index in [2.05, 4.69) is 4.98 Å². The molecule has 1 atom stereocenters. The van der Waals surface area contributed by atoms with Crippen LogP contribution in [-0.4, -0.2) is 69.0 Å². The topological polar surface area (TPSA) is 117 Å². The summed E-state index contributed by atoms with van der Waals surface area (Å²) in [7, 11) is 0. The average Bonchev–Trinajstić information content (AvgIpc) is 2.72. The standard InChI is InChI=1S/C20H20N2O6S/c23-10-15-17(24)4-1-5-18(15)28-11-13-12-29-8-7-22(13)20(27)14-3-2-6-21-16(14)9-19(25)26/h1-6,10,13,24H,7-9,11-12H2,(H,25,26). The Kier molecular flexibility index (Phi) is 6.71. The van der Waals surface area contributed by atoms with E-state index >= 15 is 0 Å². The number of carbonyl (C=O) groups excluding carboxylic acids is 2. The molecule has 2 N–H and O–H groups in total. The molecule has 1 fully saturated rings. The first kappa shape index (κ1) is 20.7. The molecule has 2 aromatic rings. The summed E-state index contributed by atoms with van der Waals surface area (Å²) in [6.07, 6.45) is 1.65. The van der Waals surface area contributed by atoms with Gasteiger partial charge >= 0.3 is 5.97 Å². The quantitative estimate of drug-likeness (QED) is 0.657. The van der Waals surface area contributed by atoms with Crippen LogP contribution in [0.3, 0.4) is 0 Å². The normalized spacial score (nSPS) is 16.3. The SMILES string of the molecule is O=Cc1c(O)cccc1OCC1CSCCN1C(=O)c1cccnc1CC(=O)O. The van der Waals surface area contributed by atoms with Crippen LogP contribution in [0.25, 0.3) is 0 Å². The lowest BCUT2D eigenvalue weighted by molar-refractivity contribution is -0.136. The summed E-state index contributed by atoms with van der Waals surface area (Å²) in [5.41, 5.74) is 0.543. The Morgan fingerprint density at radius 3 is 2.90 bits per heavy atom. The lowest BCUT2D eigenvalue weighted by atomic mass is 10.1. The van der Waals surface area contributed by atoms with Gasteiger partial charge in [0.25, 0.3) is 5.91 Å². The number of aldehydes is 1. The first-order valence-electron chi connectivity index (χ1n) is 8.95. The molecule has 0 aliphatic carbocycles. The van der Waals surface area contributed by atoms with Crippen molar-refractivity contribution in [2.45, 2.75) is 12.5 Å². The van der Waals surface area contributed by atoms with Crippen LogP contribution in [0.2, 0.25) is 0 Å². The number of amides is 1.